The molecule has 0 spiro atoms. The molecule has 1 aliphatic heterocycles. The van der Waals surface area contributed by atoms with Crippen LogP contribution in [0.3, 0.4) is 0 Å². The fourth-order valence-electron chi connectivity index (χ4n) is 2.53. The minimum absolute atomic E-state index is 0.0798. The number of carbonyl (C=O) groups excluding carboxylic acids is 1. The summed E-state index contributed by atoms with van der Waals surface area (Å²) in [4.78, 5) is 14.5. The molecule has 1 heterocycles. The largest absolute Gasteiger partial charge is 0.337 e. The lowest BCUT2D eigenvalue weighted by Crippen LogP contribution is -2.41. The zero-order valence-corrected chi connectivity index (χ0v) is 12.3. The van der Waals surface area contributed by atoms with Crippen LogP contribution in [0.25, 0.3) is 0 Å². The first kappa shape index (κ1) is 14.4. The van der Waals surface area contributed by atoms with E-state index in [-0.39, 0.29) is 5.91 Å². The normalized spacial score (nSPS) is 18.6. The van der Waals surface area contributed by atoms with E-state index in [9.17, 15) is 4.79 Å². The van der Waals surface area contributed by atoms with Crippen LogP contribution in [0, 0.1) is 6.92 Å². The number of rotatable bonds is 4. The van der Waals surface area contributed by atoms with Gasteiger partial charge in [-0.05, 0) is 50.9 Å². The third kappa shape index (κ3) is 3.48. The summed E-state index contributed by atoms with van der Waals surface area (Å²) in [6.07, 6.45) is 2.35. The molecule has 1 saturated heterocycles. The molecule has 0 radical (unpaired) electrons. The van der Waals surface area contributed by atoms with Gasteiger partial charge in [-0.1, -0.05) is 17.7 Å². The molecule has 104 valence electrons. The second-order valence-electron chi connectivity index (χ2n) is 5.10. The Kier molecular flexibility index (Phi) is 4.83. The summed E-state index contributed by atoms with van der Waals surface area (Å²) in [6.45, 7) is 6.54. The van der Waals surface area contributed by atoms with Crippen molar-refractivity contribution in [3.8, 4) is 0 Å². The molecule has 1 aliphatic rings. The predicted octanol–water partition coefficient (Wildman–Crippen LogP) is 2.86. The summed E-state index contributed by atoms with van der Waals surface area (Å²) >= 11 is 6.00. The summed E-state index contributed by atoms with van der Waals surface area (Å²) in [5.41, 5.74) is 1.69. The van der Waals surface area contributed by atoms with Crippen molar-refractivity contribution < 1.29 is 4.79 Å². The lowest BCUT2D eigenvalue weighted by atomic mass is 10.1. The van der Waals surface area contributed by atoms with Gasteiger partial charge < -0.3 is 10.2 Å². The number of hydrogen-bond acceptors (Lipinski definition) is 2. The standard InChI is InChI=1S/C15H21ClN2O/c1-3-18(10-13-5-4-8-17-13)15(19)14-9-12(16)7-6-11(14)2/h6-7,9,13,17H,3-5,8,10H2,1-2H3. The molecule has 0 aliphatic carbocycles. The van der Waals surface area contributed by atoms with Gasteiger partial charge in [0.1, 0.15) is 0 Å². The van der Waals surface area contributed by atoms with E-state index < -0.39 is 0 Å². The van der Waals surface area contributed by atoms with E-state index in [1.165, 1.54) is 6.42 Å². The van der Waals surface area contributed by atoms with Gasteiger partial charge in [-0.2, -0.15) is 0 Å². The predicted molar refractivity (Wildman–Crippen MR) is 78.8 cm³/mol. The zero-order valence-electron chi connectivity index (χ0n) is 11.6. The Labute approximate surface area is 119 Å². The fourth-order valence-corrected chi connectivity index (χ4v) is 2.70. The highest BCUT2D eigenvalue weighted by Gasteiger charge is 2.22. The van der Waals surface area contributed by atoms with Crippen LogP contribution in [-0.4, -0.2) is 36.5 Å². The van der Waals surface area contributed by atoms with Gasteiger partial charge in [0.25, 0.3) is 5.91 Å². The number of carbonyl (C=O) groups is 1. The third-order valence-corrected chi connectivity index (χ3v) is 3.94. The van der Waals surface area contributed by atoms with Crippen molar-refractivity contribution in [2.75, 3.05) is 19.6 Å². The van der Waals surface area contributed by atoms with Crippen LogP contribution in [0.5, 0.6) is 0 Å². The molecule has 1 aromatic rings. The molecule has 1 unspecified atom stereocenters. The maximum absolute atomic E-state index is 12.6. The van der Waals surface area contributed by atoms with Gasteiger partial charge in [-0.3, -0.25) is 4.79 Å². The molecular formula is C15H21ClN2O. The zero-order chi connectivity index (χ0) is 13.8. The van der Waals surface area contributed by atoms with Crippen LogP contribution in [-0.2, 0) is 0 Å². The molecule has 0 saturated carbocycles. The van der Waals surface area contributed by atoms with Gasteiger partial charge in [0, 0.05) is 29.7 Å². The number of amides is 1. The Balaban J connectivity index is 2.12. The third-order valence-electron chi connectivity index (χ3n) is 3.70. The van der Waals surface area contributed by atoms with Crippen LogP contribution >= 0.6 is 11.6 Å². The number of aryl methyl sites for hydroxylation is 1. The second kappa shape index (κ2) is 6.40. The van der Waals surface area contributed by atoms with Crippen LogP contribution in [0.2, 0.25) is 5.02 Å². The Morgan fingerprint density at radius 2 is 2.32 bits per heavy atom. The molecule has 4 heteroatoms. The first-order valence-electron chi connectivity index (χ1n) is 6.90. The average molecular weight is 281 g/mol. The van der Waals surface area contributed by atoms with E-state index >= 15 is 0 Å². The maximum atomic E-state index is 12.6. The van der Waals surface area contributed by atoms with Crippen molar-refractivity contribution in [3.05, 3.63) is 34.3 Å². The number of halogens is 1. The molecule has 0 aromatic heterocycles. The van der Waals surface area contributed by atoms with Gasteiger partial charge in [0.05, 0.1) is 0 Å². The number of hydrogen-bond donors (Lipinski definition) is 1. The summed E-state index contributed by atoms with van der Waals surface area (Å²) in [5, 5.41) is 4.05. The summed E-state index contributed by atoms with van der Waals surface area (Å²) in [7, 11) is 0. The van der Waals surface area contributed by atoms with E-state index in [2.05, 4.69) is 5.32 Å². The van der Waals surface area contributed by atoms with Crippen molar-refractivity contribution in [1.29, 1.82) is 0 Å². The molecule has 1 atom stereocenters. The smallest absolute Gasteiger partial charge is 0.254 e. The molecule has 19 heavy (non-hydrogen) atoms. The summed E-state index contributed by atoms with van der Waals surface area (Å²) in [6, 6.07) is 5.92. The van der Waals surface area contributed by atoms with Crippen molar-refractivity contribution >= 4 is 17.5 Å². The topological polar surface area (TPSA) is 32.3 Å². The monoisotopic (exact) mass is 280 g/mol. The molecule has 0 bridgehead atoms. The Morgan fingerprint density at radius 1 is 1.53 bits per heavy atom. The summed E-state index contributed by atoms with van der Waals surface area (Å²) < 4.78 is 0. The molecular weight excluding hydrogens is 260 g/mol. The molecule has 1 aromatic carbocycles. The van der Waals surface area contributed by atoms with E-state index in [1.807, 2.05) is 30.9 Å². The molecule has 3 nitrogen and oxygen atoms in total. The summed E-state index contributed by atoms with van der Waals surface area (Å²) in [5.74, 6) is 0.0798. The molecule has 1 N–H and O–H groups in total. The second-order valence-corrected chi connectivity index (χ2v) is 5.53. The van der Waals surface area contributed by atoms with E-state index in [0.29, 0.717) is 16.6 Å². The van der Waals surface area contributed by atoms with Crippen molar-refractivity contribution in [2.24, 2.45) is 0 Å². The van der Waals surface area contributed by atoms with Crippen molar-refractivity contribution in [2.45, 2.75) is 32.7 Å². The Hall–Kier alpha value is -1.06. The number of benzene rings is 1. The van der Waals surface area contributed by atoms with Crippen LogP contribution in [0.4, 0.5) is 0 Å². The van der Waals surface area contributed by atoms with Crippen molar-refractivity contribution in [1.82, 2.24) is 10.2 Å². The molecule has 1 fully saturated rings. The van der Waals surface area contributed by atoms with Crippen LogP contribution in [0.1, 0.15) is 35.7 Å². The van der Waals surface area contributed by atoms with Gasteiger partial charge >= 0.3 is 0 Å². The Bertz CT molecular complexity index is 455. The fraction of sp³-hybridized carbons (Fsp3) is 0.533. The highest BCUT2D eigenvalue weighted by atomic mass is 35.5. The van der Waals surface area contributed by atoms with E-state index in [4.69, 9.17) is 11.6 Å². The minimum atomic E-state index is 0.0798. The number of likely N-dealkylation sites (N-methyl/N-ethyl adjacent to an activating group) is 1. The Morgan fingerprint density at radius 3 is 2.95 bits per heavy atom. The number of nitrogens with one attached hydrogen (secondary N) is 1. The maximum Gasteiger partial charge on any atom is 0.254 e. The SMILES string of the molecule is CCN(CC1CCCN1)C(=O)c1cc(Cl)ccc1C. The lowest BCUT2D eigenvalue weighted by molar-refractivity contribution is 0.0750. The van der Waals surface area contributed by atoms with Crippen molar-refractivity contribution in [3.63, 3.8) is 0 Å². The highest BCUT2D eigenvalue weighted by molar-refractivity contribution is 6.31. The van der Waals surface area contributed by atoms with Gasteiger partial charge in [0.2, 0.25) is 0 Å². The molecule has 2 rings (SSSR count). The first-order valence-corrected chi connectivity index (χ1v) is 7.28. The number of nitrogens with zero attached hydrogens (tertiary/aromatic N) is 1. The van der Waals surface area contributed by atoms with Gasteiger partial charge in [0.15, 0.2) is 0 Å². The van der Waals surface area contributed by atoms with Gasteiger partial charge in [-0.15, -0.1) is 0 Å². The van der Waals surface area contributed by atoms with E-state index in [1.54, 1.807) is 6.07 Å². The average Bonchev–Trinajstić information content (AvgIpc) is 2.91. The minimum Gasteiger partial charge on any atom is -0.337 e. The lowest BCUT2D eigenvalue weighted by Gasteiger charge is -2.25. The van der Waals surface area contributed by atoms with E-state index in [0.717, 1.165) is 31.6 Å². The molecule has 1 amide bonds. The first-order chi connectivity index (χ1) is 9.11. The quantitative estimate of drug-likeness (QED) is 0.920. The van der Waals surface area contributed by atoms with Crippen LogP contribution < -0.4 is 5.32 Å². The highest BCUT2D eigenvalue weighted by Crippen LogP contribution is 2.18. The van der Waals surface area contributed by atoms with Crippen LogP contribution in [0.15, 0.2) is 18.2 Å². The van der Waals surface area contributed by atoms with Gasteiger partial charge in [-0.25, -0.2) is 0 Å².